The van der Waals surface area contributed by atoms with E-state index < -0.39 is 6.61 Å². The fourth-order valence-electron chi connectivity index (χ4n) is 2.92. The summed E-state index contributed by atoms with van der Waals surface area (Å²) in [7, 11) is 3.15. The molecule has 0 aliphatic rings. The molecule has 0 amide bonds. The maximum atomic E-state index is 12.7. The highest BCUT2D eigenvalue weighted by atomic mass is 19.3. The maximum absolute atomic E-state index is 12.7. The molecule has 3 aromatic rings. The van der Waals surface area contributed by atoms with Crippen LogP contribution >= 0.6 is 0 Å². The molecule has 0 aliphatic carbocycles. The van der Waals surface area contributed by atoms with Crippen molar-refractivity contribution >= 4 is 16.9 Å². The predicted molar refractivity (Wildman–Crippen MR) is 108 cm³/mol. The minimum Gasteiger partial charge on any atom is -0.497 e. The van der Waals surface area contributed by atoms with Crippen LogP contribution in [0.2, 0.25) is 0 Å². The van der Waals surface area contributed by atoms with Gasteiger partial charge in [-0.05, 0) is 35.9 Å². The SMILES string of the molecule is CN=C(NCc1cc(OC)ccc1OC(F)F)NCc1ccnc2ccccc12. The van der Waals surface area contributed by atoms with Crippen LogP contribution in [0.1, 0.15) is 11.1 Å². The van der Waals surface area contributed by atoms with Crippen LogP contribution in [-0.2, 0) is 13.1 Å². The molecule has 29 heavy (non-hydrogen) atoms. The summed E-state index contributed by atoms with van der Waals surface area (Å²) in [4.78, 5) is 8.54. The van der Waals surface area contributed by atoms with Crippen LogP contribution in [0.3, 0.4) is 0 Å². The zero-order chi connectivity index (χ0) is 20.6. The van der Waals surface area contributed by atoms with Gasteiger partial charge in [-0.1, -0.05) is 18.2 Å². The number of rotatable bonds is 7. The third-order valence-corrected chi connectivity index (χ3v) is 4.34. The Kier molecular flexibility index (Phi) is 6.78. The van der Waals surface area contributed by atoms with Gasteiger partial charge in [0.05, 0.1) is 12.6 Å². The number of hydrogen-bond acceptors (Lipinski definition) is 4. The van der Waals surface area contributed by atoms with Crippen LogP contribution in [0.15, 0.2) is 59.7 Å². The second kappa shape index (κ2) is 9.68. The smallest absolute Gasteiger partial charge is 0.387 e. The number of nitrogens with zero attached hydrogens (tertiary/aromatic N) is 2. The van der Waals surface area contributed by atoms with E-state index in [2.05, 4.69) is 25.3 Å². The van der Waals surface area contributed by atoms with Gasteiger partial charge in [0.25, 0.3) is 0 Å². The number of halogens is 2. The molecule has 8 heteroatoms. The van der Waals surface area contributed by atoms with Gasteiger partial charge in [-0.2, -0.15) is 8.78 Å². The van der Waals surface area contributed by atoms with Crippen molar-refractivity contribution in [1.29, 1.82) is 0 Å². The third-order valence-electron chi connectivity index (χ3n) is 4.34. The minimum atomic E-state index is -2.90. The lowest BCUT2D eigenvalue weighted by atomic mass is 10.1. The molecule has 0 spiro atoms. The van der Waals surface area contributed by atoms with Crippen LogP contribution in [-0.4, -0.2) is 31.7 Å². The molecule has 0 fully saturated rings. The molecular formula is C21H22F2N4O2. The number of guanidine groups is 1. The minimum absolute atomic E-state index is 0.0869. The number of nitrogens with one attached hydrogen (secondary N) is 2. The largest absolute Gasteiger partial charge is 0.497 e. The Labute approximate surface area is 167 Å². The number of pyridine rings is 1. The normalized spacial score (nSPS) is 11.6. The Hall–Kier alpha value is -3.42. The van der Waals surface area contributed by atoms with E-state index in [0.29, 0.717) is 23.8 Å². The summed E-state index contributed by atoms with van der Waals surface area (Å²) in [6, 6.07) is 14.5. The van der Waals surface area contributed by atoms with Gasteiger partial charge in [-0.25, -0.2) is 0 Å². The topological polar surface area (TPSA) is 67.8 Å². The van der Waals surface area contributed by atoms with E-state index in [1.165, 1.54) is 13.2 Å². The Morgan fingerprint density at radius 1 is 1.07 bits per heavy atom. The van der Waals surface area contributed by atoms with Crippen molar-refractivity contribution in [3.8, 4) is 11.5 Å². The van der Waals surface area contributed by atoms with Crippen molar-refractivity contribution in [3.05, 3.63) is 65.9 Å². The van der Waals surface area contributed by atoms with Gasteiger partial charge in [0.1, 0.15) is 11.5 Å². The summed E-state index contributed by atoms with van der Waals surface area (Å²) in [5.74, 6) is 1.16. The van der Waals surface area contributed by atoms with E-state index in [4.69, 9.17) is 4.74 Å². The van der Waals surface area contributed by atoms with Gasteiger partial charge >= 0.3 is 6.61 Å². The first-order valence-electron chi connectivity index (χ1n) is 8.99. The van der Waals surface area contributed by atoms with E-state index in [-0.39, 0.29) is 12.3 Å². The monoisotopic (exact) mass is 400 g/mol. The maximum Gasteiger partial charge on any atom is 0.387 e. The molecule has 0 atom stereocenters. The van der Waals surface area contributed by atoms with Gasteiger partial charge in [-0.3, -0.25) is 9.98 Å². The number of aromatic nitrogens is 1. The molecule has 2 N–H and O–H groups in total. The van der Waals surface area contributed by atoms with Crippen LogP contribution in [0.25, 0.3) is 10.9 Å². The summed E-state index contributed by atoms with van der Waals surface area (Å²) < 4.78 is 35.1. The Balaban J connectivity index is 1.68. The number of para-hydroxylation sites is 1. The van der Waals surface area contributed by atoms with Crippen molar-refractivity contribution in [2.75, 3.05) is 14.2 Å². The number of alkyl halides is 2. The van der Waals surface area contributed by atoms with E-state index in [1.807, 2.05) is 30.3 Å². The standard InChI is InChI=1S/C21H22F2N4O2/c1-24-21(26-12-14-9-10-25-18-6-4-3-5-17(14)18)27-13-15-11-16(28-2)7-8-19(15)29-20(22)23/h3-11,20H,12-13H2,1-2H3,(H2,24,26,27). The first-order chi connectivity index (χ1) is 14.1. The highest BCUT2D eigenvalue weighted by Crippen LogP contribution is 2.25. The molecule has 0 aliphatic heterocycles. The summed E-state index contributed by atoms with van der Waals surface area (Å²) in [6.07, 6.45) is 1.76. The van der Waals surface area contributed by atoms with Crippen molar-refractivity contribution in [3.63, 3.8) is 0 Å². The highest BCUT2D eigenvalue weighted by molar-refractivity contribution is 5.83. The first-order valence-corrected chi connectivity index (χ1v) is 8.99. The summed E-state index contributed by atoms with van der Waals surface area (Å²) in [5, 5.41) is 7.39. The molecule has 6 nitrogen and oxygen atoms in total. The lowest BCUT2D eigenvalue weighted by Crippen LogP contribution is -2.36. The van der Waals surface area contributed by atoms with E-state index in [0.717, 1.165) is 16.5 Å². The molecule has 0 unspecified atom stereocenters. The van der Waals surface area contributed by atoms with Gasteiger partial charge in [0.15, 0.2) is 5.96 Å². The Bertz CT molecular complexity index is 990. The fourth-order valence-corrected chi connectivity index (χ4v) is 2.92. The second-order valence-corrected chi connectivity index (χ2v) is 6.12. The number of aliphatic imine (C=N–C) groups is 1. The average molecular weight is 400 g/mol. The van der Waals surface area contributed by atoms with Gasteiger partial charge in [-0.15, -0.1) is 0 Å². The van der Waals surface area contributed by atoms with Crippen LogP contribution in [0.4, 0.5) is 8.78 Å². The lowest BCUT2D eigenvalue weighted by Gasteiger charge is -2.16. The molecule has 152 valence electrons. The first kappa shape index (κ1) is 20.3. The number of fused-ring (bicyclic) bond motifs is 1. The average Bonchev–Trinajstić information content (AvgIpc) is 2.74. The van der Waals surface area contributed by atoms with Gasteiger partial charge < -0.3 is 20.1 Å². The molecule has 0 saturated heterocycles. The van der Waals surface area contributed by atoms with Crippen LogP contribution < -0.4 is 20.1 Å². The zero-order valence-corrected chi connectivity index (χ0v) is 16.2. The summed E-state index contributed by atoms with van der Waals surface area (Å²) in [6.45, 7) is -2.14. The molecular weight excluding hydrogens is 378 g/mol. The van der Waals surface area contributed by atoms with Crippen molar-refractivity contribution < 1.29 is 18.3 Å². The second-order valence-electron chi connectivity index (χ2n) is 6.12. The Morgan fingerprint density at radius 2 is 1.83 bits per heavy atom. The molecule has 1 heterocycles. The number of benzene rings is 2. The van der Waals surface area contributed by atoms with Crippen LogP contribution in [0, 0.1) is 0 Å². The lowest BCUT2D eigenvalue weighted by molar-refractivity contribution is -0.0504. The molecule has 3 rings (SSSR count). The number of ether oxygens (including phenoxy) is 2. The number of hydrogen-bond donors (Lipinski definition) is 2. The van der Waals surface area contributed by atoms with E-state index >= 15 is 0 Å². The zero-order valence-electron chi connectivity index (χ0n) is 16.2. The third kappa shape index (κ3) is 5.31. The highest BCUT2D eigenvalue weighted by Gasteiger charge is 2.12. The van der Waals surface area contributed by atoms with Gasteiger partial charge in [0, 0.05) is 37.3 Å². The van der Waals surface area contributed by atoms with Crippen molar-refractivity contribution in [2.24, 2.45) is 4.99 Å². The quantitative estimate of drug-likeness (QED) is 0.468. The van der Waals surface area contributed by atoms with Crippen LogP contribution in [0.5, 0.6) is 11.5 Å². The molecule has 0 bridgehead atoms. The molecule has 0 saturated carbocycles. The molecule has 1 aromatic heterocycles. The number of methoxy groups -OCH3 is 1. The van der Waals surface area contributed by atoms with E-state index in [1.54, 1.807) is 25.4 Å². The molecule has 2 aromatic carbocycles. The van der Waals surface area contributed by atoms with E-state index in [9.17, 15) is 8.78 Å². The predicted octanol–water partition coefficient (Wildman–Crippen LogP) is 3.71. The molecule has 0 radical (unpaired) electrons. The van der Waals surface area contributed by atoms with Crippen molar-refractivity contribution in [1.82, 2.24) is 15.6 Å². The summed E-state index contributed by atoms with van der Waals surface area (Å²) in [5.41, 5.74) is 2.52. The summed E-state index contributed by atoms with van der Waals surface area (Å²) >= 11 is 0. The van der Waals surface area contributed by atoms with Crippen molar-refractivity contribution in [2.45, 2.75) is 19.7 Å². The Morgan fingerprint density at radius 3 is 2.55 bits per heavy atom. The fraction of sp³-hybridized carbons (Fsp3) is 0.238. The van der Waals surface area contributed by atoms with Gasteiger partial charge in [0.2, 0.25) is 0 Å².